The highest BCUT2D eigenvalue weighted by molar-refractivity contribution is 6.18. The summed E-state index contributed by atoms with van der Waals surface area (Å²) >= 11 is 0. The predicted molar refractivity (Wildman–Crippen MR) is 159 cm³/mol. The smallest absolute Gasteiger partial charge is 0.341 e. The molecule has 42 heavy (non-hydrogen) atoms. The standard InChI is InChI=1S/C31H30F2N6O3/c1-34-22-10-21(32)26(33)24-25-28(38-12-15-5-9-23(37(2)3)20(15)14-38)19(11-35-29(25)36-27(22)24)16-4-6-17-7-8-18(31(41)42)30(40)39(17)13-16/h4,6-8,10-11,13,15,20,23,34H,5,9,12,14H2,1-3H3,(H,35,36)(H,41,42)/t15-,20+,23+/m1/s1. The van der Waals surface area contributed by atoms with Crippen LogP contribution < -0.4 is 15.8 Å². The number of carboxylic acids is 1. The molecule has 3 atom stereocenters. The van der Waals surface area contributed by atoms with E-state index in [0.717, 1.165) is 32.0 Å². The summed E-state index contributed by atoms with van der Waals surface area (Å²) in [4.78, 5) is 37.1. The number of aromatic nitrogens is 3. The van der Waals surface area contributed by atoms with Crippen molar-refractivity contribution in [2.45, 2.75) is 18.9 Å². The Labute approximate surface area is 239 Å². The number of aromatic carboxylic acids is 1. The van der Waals surface area contributed by atoms with E-state index >= 15 is 4.39 Å². The number of carboxylic acid groups (broad SMARTS) is 1. The maximum absolute atomic E-state index is 15.7. The van der Waals surface area contributed by atoms with Gasteiger partial charge in [-0.1, -0.05) is 6.07 Å². The summed E-state index contributed by atoms with van der Waals surface area (Å²) in [6.45, 7) is 1.49. The van der Waals surface area contributed by atoms with Crippen LogP contribution in [0.4, 0.5) is 20.2 Å². The van der Waals surface area contributed by atoms with Gasteiger partial charge in [-0.05, 0) is 57.0 Å². The van der Waals surface area contributed by atoms with Crippen molar-refractivity contribution < 1.29 is 18.7 Å². The lowest BCUT2D eigenvalue weighted by Gasteiger charge is -2.28. The Morgan fingerprint density at radius 2 is 1.93 bits per heavy atom. The number of hydrogen-bond acceptors (Lipinski definition) is 6. The van der Waals surface area contributed by atoms with E-state index in [1.807, 2.05) is 6.07 Å². The Balaban J connectivity index is 1.52. The Morgan fingerprint density at radius 3 is 2.67 bits per heavy atom. The molecular weight excluding hydrogens is 542 g/mol. The van der Waals surface area contributed by atoms with Crippen LogP contribution in [-0.2, 0) is 0 Å². The van der Waals surface area contributed by atoms with Crippen LogP contribution in [0.25, 0.3) is 38.6 Å². The normalized spacial score (nSPS) is 20.3. The van der Waals surface area contributed by atoms with Crippen LogP contribution >= 0.6 is 0 Å². The van der Waals surface area contributed by atoms with Gasteiger partial charge in [-0.3, -0.25) is 9.20 Å². The topological polar surface area (TPSA) is 106 Å². The minimum absolute atomic E-state index is 0.117. The third kappa shape index (κ3) is 3.79. The largest absolute Gasteiger partial charge is 0.477 e. The summed E-state index contributed by atoms with van der Waals surface area (Å²) in [7, 11) is 5.85. The quantitative estimate of drug-likeness (QED) is 0.278. The lowest BCUT2D eigenvalue weighted by molar-refractivity contribution is 0.0694. The van der Waals surface area contributed by atoms with Crippen LogP contribution in [0.5, 0.6) is 0 Å². The molecule has 2 fully saturated rings. The first-order valence-corrected chi connectivity index (χ1v) is 14.0. The van der Waals surface area contributed by atoms with Gasteiger partial charge in [0.05, 0.1) is 27.7 Å². The molecule has 0 radical (unpaired) electrons. The highest BCUT2D eigenvalue weighted by Gasteiger charge is 2.44. The fourth-order valence-corrected chi connectivity index (χ4v) is 7.26. The lowest BCUT2D eigenvalue weighted by atomic mass is 9.97. The summed E-state index contributed by atoms with van der Waals surface area (Å²) in [5.74, 6) is -2.37. The second-order valence-electron chi connectivity index (χ2n) is 11.6. The zero-order valence-corrected chi connectivity index (χ0v) is 23.4. The highest BCUT2D eigenvalue weighted by atomic mass is 19.2. The number of carbonyl (C=O) groups is 1. The van der Waals surface area contributed by atoms with Gasteiger partial charge in [0.1, 0.15) is 11.2 Å². The number of benzene rings is 1. The van der Waals surface area contributed by atoms with Gasteiger partial charge >= 0.3 is 5.97 Å². The van der Waals surface area contributed by atoms with Crippen LogP contribution in [0.1, 0.15) is 23.2 Å². The summed E-state index contributed by atoms with van der Waals surface area (Å²) in [5, 5.41) is 13.1. The second kappa shape index (κ2) is 9.52. The molecule has 11 heteroatoms. The Bertz CT molecular complexity index is 1980. The van der Waals surface area contributed by atoms with E-state index in [1.165, 1.54) is 10.5 Å². The van der Waals surface area contributed by atoms with Gasteiger partial charge in [-0.25, -0.2) is 18.6 Å². The first-order chi connectivity index (χ1) is 20.2. The van der Waals surface area contributed by atoms with Crippen LogP contribution in [0.15, 0.2) is 47.5 Å². The fraction of sp³-hybridized carbons (Fsp3) is 0.323. The summed E-state index contributed by atoms with van der Waals surface area (Å²) < 4.78 is 31.9. The summed E-state index contributed by atoms with van der Waals surface area (Å²) in [5.41, 5.74) is 2.78. The van der Waals surface area contributed by atoms with Gasteiger partial charge in [0.2, 0.25) is 0 Å². The van der Waals surface area contributed by atoms with Crippen molar-refractivity contribution in [3.63, 3.8) is 0 Å². The van der Waals surface area contributed by atoms with E-state index in [-0.39, 0.29) is 10.9 Å². The summed E-state index contributed by atoms with van der Waals surface area (Å²) in [6.07, 6.45) is 5.48. The van der Waals surface area contributed by atoms with E-state index in [0.29, 0.717) is 62.4 Å². The van der Waals surface area contributed by atoms with Crippen molar-refractivity contribution >= 4 is 44.8 Å². The Morgan fingerprint density at radius 1 is 1.14 bits per heavy atom. The average molecular weight is 573 g/mol. The van der Waals surface area contributed by atoms with Crippen molar-refractivity contribution in [1.82, 2.24) is 19.3 Å². The van der Waals surface area contributed by atoms with Gasteiger partial charge in [0, 0.05) is 61.3 Å². The van der Waals surface area contributed by atoms with Gasteiger partial charge in [0.25, 0.3) is 5.56 Å². The van der Waals surface area contributed by atoms with Crippen LogP contribution in [0.2, 0.25) is 0 Å². The molecule has 7 rings (SSSR count). The first kappa shape index (κ1) is 26.4. The monoisotopic (exact) mass is 572 g/mol. The maximum Gasteiger partial charge on any atom is 0.341 e. The van der Waals surface area contributed by atoms with E-state index < -0.39 is 23.2 Å². The molecular formula is C31H30F2N6O3. The zero-order chi connectivity index (χ0) is 29.4. The number of hydrogen-bond donors (Lipinski definition) is 3. The van der Waals surface area contributed by atoms with Crippen molar-refractivity contribution in [3.8, 4) is 11.1 Å². The van der Waals surface area contributed by atoms with Crippen LogP contribution in [-0.4, -0.2) is 70.6 Å². The molecule has 0 unspecified atom stereocenters. The number of aromatic amines is 1. The second-order valence-corrected chi connectivity index (χ2v) is 11.6. The Hall–Kier alpha value is -4.51. The number of nitrogens with zero attached hydrogens (tertiary/aromatic N) is 4. The molecule has 9 nitrogen and oxygen atoms in total. The molecule has 1 saturated carbocycles. The van der Waals surface area contributed by atoms with Crippen molar-refractivity contribution in [3.05, 3.63) is 70.3 Å². The third-order valence-corrected chi connectivity index (χ3v) is 9.22. The minimum Gasteiger partial charge on any atom is -0.477 e. The van der Waals surface area contributed by atoms with E-state index in [1.54, 1.807) is 31.6 Å². The number of pyridine rings is 3. The molecule has 3 N–H and O–H groups in total. The third-order valence-electron chi connectivity index (χ3n) is 9.22. The number of H-pyrrole nitrogens is 1. The zero-order valence-electron chi connectivity index (χ0n) is 23.4. The fourth-order valence-electron chi connectivity index (χ4n) is 7.26. The highest BCUT2D eigenvalue weighted by Crippen LogP contribution is 2.48. The molecule has 0 spiro atoms. The number of rotatable bonds is 5. The maximum atomic E-state index is 15.7. The van der Waals surface area contributed by atoms with Crippen molar-refractivity contribution in [1.29, 1.82) is 0 Å². The lowest BCUT2D eigenvalue weighted by Crippen LogP contribution is -2.35. The molecule has 0 bridgehead atoms. The molecule has 1 aliphatic heterocycles. The number of nitrogens with one attached hydrogen (secondary N) is 2. The van der Waals surface area contributed by atoms with Crippen molar-refractivity contribution in [2.24, 2.45) is 11.8 Å². The van der Waals surface area contributed by atoms with Crippen LogP contribution in [0, 0.1) is 23.5 Å². The molecule has 5 heterocycles. The minimum atomic E-state index is -1.31. The van der Waals surface area contributed by atoms with Crippen LogP contribution in [0.3, 0.4) is 0 Å². The molecule has 2 aliphatic rings. The Kier molecular flexibility index (Phi) is 5.98. The first-order valence-electron chi connectivity index (χ1n) is 14.0. The molecule has 216 valence electrons. The molecule has 0 amide bonds. The molecule has 4 aromatic heterocycles. The van der Waals surface area contributed by atoms with Crippen molar-refractivity contribution in [2.75, 3.05) is 44.4 Å². The molecule has 5 aromatic rings. The van der Waals surface area contributed by atoms with Gasteiger partial charge in [-0.15, -0.1) is 0 Å². The van der Waals surface area contributed by atoms with Gasteiger partial charge < -0.3 is 25.2 Å². The molecule has 1 aromatic carbocycles. The molecule has 1 saturated heterocycles. The summed E-state index contributed by atoms with van der Waals surface area (Å²) in [6, 6.07) is 8.01. The number of halogens is 2. The number of fused-ring (bicyclic) bond motifs is 5. The van der Waals surface area contributed by atoms with E-state index in [9.17, 15) is 19.1 Å². The average Bonchev–Trinajstić information content (AvgIpc) is 3.67. The van der Waals surface area contributed by atoms with E-state index in [4.69, 9.17) is 0 Å². The van der Waals surface area contributed by atoms with Gasteiger partial charge in [-0.2, -0.15) is 0 Å². The van der Waals surface area contributed by atoms with E-state index in [2.05, 4.69) is 39.2 Å². The predicted octanol–water partition coefficient (Wildman–Crippen LogP) is 4.79. The molecule has 1 aliphatic carbocycles. The van der Waals surface area contributed by atoms with Gasteiger partial charge in [0.15, 0.2) is 11.6 Å². The number of anilines is 2. The SMILES string of the molecule is CNc1cc(F)c(F)c2c1[nH]c1ncc(-c3ccc4ccc(C(=O)O)c(=O)n4c3)c(N3C[C@H]4CC[C@H](N(C)C)[C@H]4C3)c12.